The van der Waals surface area contributed by atoms with Crippen LogP contribution in [0.3, 0.4) is 0 Å². The fraction of sp³-hybridized carbons (Fsp3) is 0.263. The van der Waals surface area contributed by atoms with Crippen molar-refractivity contribution in [2.75, 3.05) is 5.32 Å². The number of hydrogen-bond acceptors (Lipinski definition) is 4. The van der Waals surface area contributed by atoms with Crippen LogP contribution >= 0.6 is 0 Å². The van der Waals surface area contributed by atoms with Gasteiger partial charge in [0.1, 0.15) is 5.69 Å². The average Bonchev–Trinajstić information content (AvgIpc) is 3.06. The van der Waals surface area contributed by atoms with E-state index in [4.69, 9.17) is 0 Å². The van der Waals surface area contributed by atoms with Crippen LogP contribution < -0.4 is 5.32 Å². The first-order valence-corrected chi connectivity index (χ1v) is 8.61. The van der Waals surface area contributed by atoms with Crippen molar-refractivity contribution in [2.24, 2.45) is 5.92 Å². The van der Waals surface area contributed by atoms with Crippen LogP contribution in [0.1, 0.15) is 29.8 Å². The first-order valence-electron chi connectivity index (χ1n) is 8.61. The highest BCUT2D eigenvalue weighted by Gasteiger charge is 2.18. The number of aromatic nitrogens is 4. The van der Waals surface area contributed by atoms with E-state index in [9.17, 15) is 9.18 Å². The largest absolute Gasteiger partial charge is 0.318 e. The number of carbonyl (C=O) groups excluding carboxylic acids is 1. The van der Waals surface area contributed by atoms with Crippen LogP contribution in [0.2, 0.25) is 0 Å². The lowest BCUT2D eigenvalue weighted by Gasteiger charge is -2.24. The second-order valence-corrected chi connectivity index (χ2v) is 6.45. The fourth-order valence-electron chi connectivity index (χ4n) is 2.95. The number of rotatable bonds is 5. The van der Waals surface area contributed by atoms with E-state index in [0.717, 1.165) is 6.54 Å². The molecule has 1 aliphatic carbocycles. The maximum atomic E-state index is 13.8. The van der Waals surface area contributed by atoms with Crippen LogP contribution in [-0.2, 0) is 6.54 Å². The van der Waals surface area contributed by atoms with Gasteiger partial charge >= 0.3 is 0 Å². The smallest absolute Gasteiger partial charge is 0.274 e. The van der Waals surface area contributed by atoms with Gasteiger partial charge in [-0.1, -0.05) is 12.5 Å². The Kier molecular flexibility index (Phi) is 4.43. The number of hydrogen-bond donors (Lipinski definition) is 1. The molecule has 3 aromatic heterocycles. The summed E-state index contributed by atoms with van der Waals surface area (Å²) in [6.07, 6.45) is 8.58. The monoisotopic (exact) mass is 351 g/mol. The van der Waals surface area contributed by atoms with E-state index < -0.39 is 5.95 Å². The van der Waals surface area contributed by atoms with Crippen LogP contribution in [-0.4, -0.2) is 25.7 Å². The molecule has 0 bridgehead atoms. The maximum absolute atomic E-state index is 13.8. The van der Waals surface area contributed by atoms with Crippen molar-refractivity contribution in [3.63, 3.8) is 0 Å². The van der Waals surface area contributed by atoms with Crippen LogP contribution in [0.5, 0.6) is 0 Å². The minimum absolute atomic E-state index is 0.206. The van der Waals surface area contributed by atoms with E-state index in [1.165, 1.54) is 25.5 Å². The number of amides is 1. The molecule has 1 aliphatic rings. The van der Waals surface area contributed by atoms with E-state index in [2.05, 4.69) is 20.4 Å². The van der Waals surface area contributed by atoms with Gasteiger partial charge in [0.05, 0.1) is 23.1 Å². The third-order valence-electron chi connectivity index (χ3n) is 4.58. The van der Waals surface area contributed by atoms with Crippen LogP contribution in [0.15, 0.2) is 48.9 Å². The Balaban J connectivity index is 1.48. The third kappa shape index (κ3) is 3.46. The Hall–Kier alpha value is -3.09. The van der Waals surface area contributed by atoms with Crippen molar-refractivity contribution in [1.29, 1.82) is 0 Å². The van der Waals surface area contributed by atoms with Gasteiger partial charge in [-0.3, -0.25) is 9.48 Å². The lowest BCUT2D eigenvalue weighted by Crippen LogP contribution is -2.18. The minimum Gasteiger partial charge on any atom is -0.318 e. The summed E-state index contributed by atoms with van der Waals surface area (Å²) in [7, 11) is 0. The highest BCUT2D eigenvalue weighted by Crippen LogP contribution is 2.27. The Labute approximate surface area is 150 Å². The van der Waals surface area contributed by atoms with Crippen LogP contribution in [0.25, 0.3) is 11.3 Å². The highest BCUT2D eigenvalue weighted by atomic mass is 19.1. The molecule has 1 saturated carbocycles. The van der Waals surface area contributed by atoms with E-state index in [1.54, 1.807) is 36.5 Å². The second kappa shape index (κ2) is 7.03. The molecule has 0 unspecified atom stereocenters. The van der Waals surface area contributed by atoms with E-state index in [0.29, 0.717) is 17.3 Å². The van der Waals surface area contributed by atoms with Crippen LogP contribution in [0, 0.1) is 11.9 Å². The molecule has 0 saturated heterocycles. The molecular weight excluding hydrogens is 333 g/mol. The maximum Gasteiger partial charge on any atom is 0.274 e. The molecule has 0 atom stereocenters. The molecule has 132 valence electrons. The number of halogens is 1. The molecule has 4 rings (SSSR count). The molecular formula is C19H18FN5O. The van der Waals surface area contributed by atoms with Crippen LogP contribution in [0.4, 0.5) is 10.1 Å². The Morgan fingerprint density at radius 2 is 2.15 bits per heavy atom. The minimum atomic E-state index is -0.616. The standard InChI is InChI=1S/C19H18FN5O/c20-18-15(6-3-9-21-18)16-7-2-8-17(24-16)19(26)23-14-10-22-25(12-14)11-13-4-1-5-13/h2-3,6-10,12-13H,1,4-5,11H2,(H,23,26). The Bertz CT molecular complexity index is 935. The molecule has 0 aromatic carbocycles. The van der Waals surface area contributed by atoms with Crippen molar-refractivity contribution >= 4 is 11.6 Å². The van der Waals surface area contributed by atoms with Gasteiger partial charge in [0.15, 0.2) is 0 Å². The number of pyridine rings is 2. The Morgan fingerprint density at radius 1 is 1.27 bits per heavy atom. The number of carbonyl (C=O) groups is 1. The summed E-state index contributed by atoms with van der Waals surface area (Å²) < 4.78 is 15.7. The van der Waals surface area contributed by atoms with Gasteiger partial charge in [0.2, 0.25) is 5.95 Å². The zero-order valence-corrected chi connectivity index (χ0v) is 14.1. The number of anilines is 1. The molecule has 3 aromatic rings. The number of nitrogens with one attached hydrogen (secondary N) is 1. The predicted octanol–water partition coefficient (Wildman–Crippen LogP) is 3.53. The molecule has 3 heterocycles. The van der Waals surface area contributed by atoms with Crippen molar-refractivity contribution in [2.45, 2.75) is 25.8 Å². The fourth-order valence-corrected chi connectivity index (χ4v) is 2.95. The van der Waals surface area contributed by atoms with Crippen molar-refractivity contribution in [3.8, 4) is 11.3 Å². The first-order chi connectivity index (χ1) is 12.7. The summed E-state index contributed by atoms with van der Waals surface area (Å²) in [4.78, 5) is 20.3. The van der Waals surface area contributed by atoms with Gasteiger partial charge in [-0.05, 0) is 43.0 Å². The predicted molar refractivity (Wildman–Crippen MR) is 94.9 cm³/mol. The average molecular weight is 351 g/mol. The molecule has 26 heavy (non-hydrogen) atoms. The van der Waals surface area contributed by atoms with Gasteiger partial charge in [0.25, 0.3) is 5.91 Å². The van der Waals surface area contributed by atoms with Gasteiger partial charge in [0, 0.05) is 18.9 Å². The lowest BCUT2D eigenvalue weighted by atomic mass is 9.85. The van der Waals surface area contributed by atoms with E-state index in [1.807, 2.05) is 10.9 Å². The summed E-state index contributed by atoms with van der Waals surface area (Å²) in [6.45, 7) is 0.879. The quantitative estimate of drug-likeness (QED) is 0.714. The molecule has 1 N–H and O–H groups in total. The summed E-state index contributed by atoms with van der Waals surface area (Å²) in [5.74, 6) is -0.291. The molecule has 7 heteroatoms. The van der Waals surface area contributed by atoms with Crippen molar-refractivity contribution in [1.82, 2.24) is 19.7 Å². The molecule has 1 amide bonds. The van der Waals surface area contributed by atoms with Gasteiger partial charge in [-0.15, -0.1) is 0 Å². The SMILES string of the molecule is O=C(Nc1cnn(CC2CCC2)c1)c1cccc(-c2cccnc2F)n1. The highest BCUT2D eigenvalue weighted by molar-refractivity contribution is 6.03. The molecule has 0 aliphatic heterocycles. The first kappa shape index (κ1) is 16.4. The lowest BCUT2D eigenvalue weighted by molar-refractivity contribution is 0.102. The van der Waals surface area contributed by atoms with Crippen molar-refractivity contribution in [3.05, 3.63) is 60.6 Å². The zero-order chi connectivity index (χ0) is 17.9. The zero-order valence-electron chi connectivity index (χ0n) is 14.1. The number of nitrogens with zero attached hydrogens (tertiary/aromatic N) is 4. The molecule has 0 radical (unpaired) electrons. The molecule has 1 fully saturated rings. The van der Waals surface area contributed by atoms with E-state index >= 15 is 0 Å². The van der Waals surface area contributed by atoms with E-state index in [-0.39, 0.29) is 17.2 Å². The Morgan fingerprint density at radius 3 is 2.92 bits per heavy atom. The molecule has 0 spiro atoms. The van der Waals surface area contributed by atoms with Gasteiger partial charge in [-0.2, -0.15) is 9.49 Å². The summed E-state index contributed by atoms with van der Waals surface area (Å²) >= 11 is 0. The van der Waals surface area contributed by atoms with Gasteiger partial charge < -0.3 is 5.32 Å². The third-order valence-corrected chi connectivity index (χ3v) is 4.58. The van der Waals surface area contributed by atoms with Crippen molar-refractivity contribution < 1.29 is 9.18 Å². The summed E-state index contributed by atoms with van der Waals surface area (Å²) in [5.41, 5.74) is 1.45. The van der Waals surface area contributed by atoms with Gasteiger partial charge in [-0.25, -0.2) is 9.97 Å². The topological polar surface area (TPSA) is 72.7 Å². The normalized spacial score (nSPS) is 14.0. The summed E-state index contributed by atoms with van der Waals surface area (Å²) in [5, 5.41) is 7.07. The molecule has 6 nitrogen and oxygen atoms in total. The summed E-state index contributed by atoms with van der Waals surface area (Å²) in [6, 6.07) is 8.11. The second-order valence-electron chi connectivity index (χ2n) is 6.45.